The quantitative estimate of drug-likeness (QED) is 0.823. The van der Waals surface area contributed by atoms with Crippen LogP contribution in [0.2, 0.25) is 0 Å². The fraction of sp³-hybridized carbons (Fsp3) is 0.692. The number of rotatable bonds is 5. The second-order valence-electron chi connectivity index (χ2n) is 5.21. The van der Waals surface area contributed by atoms with Crippen LogP contribution in [-0.2, 0) is 16.6 Å². The van der Waals surface area contributed by atoms with Crippen molar-refractivity contribution in [3.8, 4) is 0 Å². The molecule has 1 N–H and O–H groups in total. The van der Waals surface area contributed by atoms with Gasteiger partial charge in [-0.2, -0.15) is 4.31 Å². The summed E-state index contributed by atoms with van der Waals surface area (Å²) in [5.41, 5.74) is 2.06. The molecule has 1 aromatic heterocycles. The third-order valence-electron chi connectivity index (χ3n) is 3.62. The smallest absolute Gasteiger partial charge is 0.225 e. The minimum atomic E-state index is -3.10. The maximum atomic E-state index is 11.5. The highest BCUT2D eigenvalue weighted by Gasteiger charge is 2.24. The number of anilines is 1. The molecule has 0 aromatic carbocycles. The average molecular weight is 313 g/mol. The molecule has 0 amide bonds. The third kappa shape index (κ3) is 4.12. The summed E-state index contributed by atoms with van der Waals surface area (Å²) in [5.74, 6) is 0.681. The number of piperazine rings is 1. The van der Waals surface area contributed by atoms with Crippen LogP contribution in [-0.4, -0.2) is 61.7 Å². The summed E-state index contributed by atoms with van der Waals surface area (Å²) in [6, 6.07) is 0. The van der Waals surface area contributed by atoms with Gasteiger partial charge in [0.1, 0.15) is 0 Å². The van der Waals surface area contributed by atoms with Gasteiger partial charge >= 0.3 is 0 Å². The van der Waals surface area contributed by atoms with Crippen molar-refractivity contribution in [3.05, 3.63) is 17.5 Å². The average Bonchev–Trinajstić information content (AvgIpc) is 2.45. The first-order valence-electron chi connectivity index (χ1n) is 7.15. The van der Waals surface area contributed by atoms with Crippen molar-refractivity contribution in [2.75, 3.05) is 43.9 Å². The van der Waals surface area contributed by atoms with Crippen molar-refractivity contribution in [2.45, 2.75) is 20.4 Å². The Kier molecular flexibility index (Phi) is 5.13. The molecular formula is C13H23N5O2S. The lowest BCUT2D eigenvalue weighted by atomic mass is 10.2. The normalized spacial score (nSPS) is 17.2. The lowest BCUT2D eigenvalue weighted by Gasteiger charge is -2.33. The van der Waals surface area contributed by atoms with Crippen LogP contribution in [0.4, 0.5) is 5.95 Å². The van der Waals surface area contributed by atoms with Gasteiger partial charge in [0.15, 0.2) is 0 Å². The van der Waals surface area contributed by atoms with E-state index in [9.17, 15) is 8.42 Å². The second-order valence-corrected chi connectivity index (χ2v) is 7.19. The number of hydrogen-bond donors (Lipinski definition) is 1. The van der Waals surface area contributed by atoms with Gasteiger partial charge in [-0.1, -0.05) is 6.92 Å². The monoisotopic (exact) mass is 313 g/mol. The SMILES string of the molecule is CCNCc1cnc(N2CCN(S(C)(=O)=O)CC2)nc1C. The van der Waals surface area contributed by atoms with Gasteiger partial charge in [0.2, 0.25) is 16.0 Å². The summed E-state index contributed by atoms with van der Waals surface area (Å²) in [5, 5.41) is 3.26. The van der Waals surface area contributed by atoms with E-state index in [2.05, 4.69) is 22.2 Å². The fourth-order valence-electron chi connectivity index (χ4n) is 2.29. The van der Waals surface area contributed by atoms with Crippen LogP contribution in [0, 0.1) is 6.92 Å². The van der Waals surface area contributed by atoms with Crippen molar-refractivity contribution >= 4 is 16.0 Å². The zero-order valence-corrected chi connectivity index (χ0v) is 13.7. The predicted molar refractivity (Wildman–Crippen MR) is 82.8 cm³/mol. The molecule has 1 aromatic rings. The Morgan fingerprint density at radius 3 is 2.48 bits per heavy atom. The first kappa shape index (κ1) is 16.1. The first-order chi connectivity index (χ1) is 9.91. The van der Waals surface area contributed by atoms with Crippen molar-refractivity contribution < 1.29 is 8.42 Å². The number of aryl methyl sites for hydroxylation is 1. The molecule has 0 bridgehead atoms. The molecule has 1 aliphatic heterocycles. The lowest BCUT2D eigenvalue weighted by Crippen LogP contribution is -2.48. The first-order valence-corrected chi connectivity index (χ1v) is 9.00. The van der Waals surface area contributed by atoms with E-state index in [1.807, 2.05) is 18.0 Å². The van der Waals surface area contributed by atoms with E-state index in [0.29, 0.717) is 32.1 Å². The van der Waals surface area contributed by atoms with E-state index in [0.717, 1.165) is 24.3 Å². The highest BCUT2D eigenvalue weighted by molar-refractivity contribution is 7.88. The van der Waals surface area contributed by atoms with Crippen molar-refractivity contribution in [1.29, 1.82) is 0 Å². The van der Waals surface area contributed by atoms with E-state index in [-0.39, 0.29) is 0 Å². The van der Waals surface area contributed by atoms with Crippen LogP contribution in [0.25, 0.3) is 0 Å². The van der Waals surface area contributed by atoms with E-state index in [4.69, 9.17) is 0 Å². The van der Waals surface area contributed by atoms with Gasteiger partial charge in [0.25, 0.3) is 0 Å². The van der Waals surface area contributed by atoms with Crippen molar-refractivity contribution in [2.24, 2.45) is 0 Å². The Labute approximate surface area is 126 Å². The topological polar surface area (TPSA) is 78.4 Å². The maximum absolute atomic E-state index is 11.5. The molecule has 0 unspecified atom stereocenters. The van der Waals surface area contributed by atoms with Crippen LogP contribution in [0.5, 0.6) is 0 Å². The maximum Gasteiger partial charge on any atom is 0.225 e. The Bertz CT molecular complexity index is 582. The summed E-state index contributed by atoms with van der Waals surface area (Å²) < 4.78 is 24.5. The van der Waals surface area contributed by atoms with Gasteiger partial charge in [-0.15, -0.1) is 0 Å². The highest BCUT2D eigenvalue weighted by atomic mass is 32.2. The van der Waals surface area contributed by atoms with Crippen molar-refractivity contribution in [3.63, 3.8) is 0 Å². The molecule has 0 aliphatic carbocycles. The largest absolute Gasteiger partial charge is 0.338 e. The van der Waals surface area contributed by atoms with Gasteiger partial charge in [-0.05, 0) is 13.5 Å². The molecule has 21 heavy (non-hydrogen) atoms. The minimum absolute atomic E-state index is 0.486. The summed E-state index contributed by atoms with van der Waals surface area (Å²) in [6.07, 6.45) is 3.10. The minimum Gasteiger partial charge on any atom is -0.338 e. The number of nitrogens with zero attached hydrogens (tertiary/aromatic N) is 4. The predicted octanol–water partition coefficient (Wildman–Crippen LogP) is -0.0239. The van der Waals surface area contributed by atoms with Crippen molar-refractivity contribution in [1.82, 2.24) is 19.6 Å². The summed E-state index contributed by atoms with van der Waals surface area (Å²) >= 11 is 0. The number of nitrogens with one attached hydrogen (secondary N) is 1. The van der Waals surface area contributed by atoms with Gasteiger partial charge in [-0.3, -0.25) is 0 Å². The van der Waals surface area contributed by atoms with E-state index < -0.39 is 10.0 Å². The van der Waals surface area contributed by atoms with E-state index >= 15 is 0 Å². The summed E-state index contributed by atoms with van der Waals surface area (Å²) in [7, 11) is -3.10. The zero-order chi connectivity index (χ0) is 15.5. The number of hydrogen-bond acceptors (Lipinski definition) is 6. The Morgan fingerprint density at radius 2 is 1.95 bits per heavy atom. The van der Waals surface area contributed by atoms with Gasteiger partial charge in [0, 0.05) is 50.2 Å². The number of aromatic nitrogens is 2. The molecule has 1 fully saturated rings. The van der Waals surface area contributed by atoms with Crippen LogP contribution in [0.15, 0.2) is 6.20 Å². The molecule has 2 heterocycles. The molecule has 0 spiro atoms. The molecule has 7 nitrogen and oxygen atoms in total. The van der Waals surface area contributed by atoms with Gasteiger partial charge in [-0.25, -0.2) is 18.4 Å². The van der Waals surface area contributed by atoms with Gasteiger partial charge in [0.05, 0.1) is 6.26 Å². The molecule has 0 atom stereocenters. The zero-order valence-electron chi connectivity index (χ0n) is 12.8. The molecule has 1 aliphatic rings. The molecule has 0 radical (unpaired) electrons. The van der Waals surface area contributed by atoms with Crippen LogP contribution < -0.4 is 10.2 Å². The Hall–Kier alpha value is -1.25. The fourth-order valence-corrected chi connectivity index (χ4v) is 3.11. The second kappa shape index (κ2) is 6.67. The van der Waals surface area contributed by atoms with E-state index in [1.165, 1.54) is 10.6 Å². The molecule has 1 saturated heterocycles. The highest BCUT2D eigenvalue weighted by Crippen LogP contribution is 2.14. The number of sulfonamides is 1. The Balaban J connectivity index is 2.02. The summed E-state index contributed by atoms with van der Waals surface area (Å²) in [6.45, 7) is 7.94. The third-order valence-corrected chi connectivity index (χ3v) is 4.93. The van der Waals surface area contributed by atoms with Crippen LogP contribution in [0.1, 0.15) is 18.2 Å². The molecular weight excluding hydrogens is 290 g/mol. The lowest BCUT2D eigenvalue weighted by molar-refractivity contribution is 0.385. The summed E-state index contributed by atoms with van der Waals surface area (Å²) in [4.78, 5) is 11.0. The standard InChI is InChI=1S/C13H23N5O2S/c1-4-14-9-12-10-15-13(16-11(12)2)17-5-7-18(8-6-17)21(3,19)20/h10,14H,4-9H2,1-3H3. The van der Waals surface area contributed by atoms with Gasteiger partial charge < -0.3 is 10.2 Å². The van der Waals surface area contributed by atoms with E-state index in [1.54, 1.807) is 0 Å². The molecule has 118 valence electrons. The van der Waals surface area contributed by atoms with Crippen LogP contribution >= 0.6 is 0 Å². The Morgan fingerprint density at radius 1 is 1.29 bits per heavy atom. The molecule has 8 heteroatoms. The molecule has 0 saturated carbocycles. The molecule has 2 rings (SSSR count). The van der Waals surface area contributed by atoms with Crippen LogP contribution in [0.3, 0.4) is 0 Å².